The molecule has 1 amide bonds. The number of hydrogen-bond acceptors (Lipinski definition) is 4. The molecule has 2 N–H and O–H groups in total. The molecule has 1 aromatic carbocycles. The summed E-state index contributed by atoms with van der Waals surface area (Å²) in [5.41, 5.74) is 4.06. The lowest BCUT2D eigenvalue weighted by atomic mass is 9.85. The van der Waals surface area contributed by atoms with Gasteiger partial charge in [0.1, 0.15) is 0 Å². The minimum Gasteiger partial charge on any atom is -0.479 e. The van der Waals surface area contributed by atoms with Crippen molar-refractivity contribution in [3.05, 3.63) is 31.4 Å². The van der Waals surface area contributed by atoms with E-state index in [1.165, 1.54) is 0 Å². The van der Waals surface area contributed by atoms with Gasteiger partial charge < -0.3 is 19.8 Å². The fraction of sp³-hybridized carbons (Fsp3) is 0.556. The topological polar surface area (TPSA) is 87.1 Å². The molecule has 25 heavy (non-hydrogen) atoms. The van der Waals surface area contributed by atoms with E-state index >= 15 is 0 Å². The normalized spacial score (nSPS) is 19.7. The van der Waals surface area contributed by atoms with Crippen LogP contribution in [0.5, 0.6) is 0 Å². The van der Waals surface area contributed by atoms with Gasteiger partial charge in [0.2, 0.25) is 5.91 Å². The number of rotatable bonds is 3. The van der Waals surface area contributed by atoms with Gasteiger partial charge >= 0.3 is 5.97 Å². The summed E-state index contributed by atoms with van der Waals surface area (Å²) in [7, 11) is 0. The third-order valence-electron chi connectivity index (χ3n) is 5.36. The lowest BCUT2D eigenvalue weighted by Gasteiger charge is -2.39. The van der Waals surface area contributed by atoms with Crippen molar-refractivity contribution >= 4 is 34.5 Å². The molecule has 2 aliphatic heterocycles. The summed E-state index contributed by atoms with van der Waals surface area (Å²) in [5.74, 6) is -1.20. The molecule has 6 nitrogen and oxygen atoms in total. The maximum absolute atomic E-state index is 12.7. The number of benzene rings is 1. The number of aliphatic hydroxyl groups is 1. The number of aliphatic carboxylic acids is 1. The number of aliphatic hydroxyl groups excluding tert-OH is 1. The van der Waals surface area contributed by atoms with E-state index in [0.717, 1.165) is 38.7 Å². The van der Waals surface area contributed by atoms with Gasteiger partial charge in [-0.05, 0) is 71.5 Å². The van der Waals surface area contributed by atoms with Crippen LogP contribution in [-0.4, -0.2) is 46.2 Å². The smallest absolute Gasteiger partial charge is 0.337 e. The summed E-state index contributed by atoms with van der Waals surface area (Å²) in [6, 6.07) is 0.205. The predicted octanol–water partition coefficient (Wildman–Crippen LogP) is 2.09. The zero-order valence-electron chi connectivity index (χ0n) is 14.3. The summed E-state index contributed by atoms with van der Waals surface area (Å²) in [5, 5.41) is 19.3. The maximum atomic E-state index is 12.7. The Hall–Kier alpha value is -1.19. The Morgan fingerprint density at radius 2 is 1.88 bits per heavy atom. The molecule has 1 atom stereocenters. The van der Waals surface area contributed by atoms with Crippen LogP contribution in [0.25, 0.3) is 0 Å². The van der Waals surface area contributed by atoms with Crippen molar-refractivity contribution in [3.8, 4) is 0 Å². The second kappa shape index (κ2) is 7.20. The average molecular weight is 459 g/mol. The Morgan fingerprint density at radius 1 is 1.24 bits per heavy atom. The van der Waals surface area contributed by atoms with Gasteiger partial charge in [0.05, 0.1) is 6.42 Å². The van der Waals surface area contributed by atoms with Crippen LogP contribution in [0.2, 0.25) is 0 Å². The lowest BCUT2D eigenvalue weighted by molar-refractivity contribution is -0.147. The van der Waals surface area contributed by atoms with Crippen molar-refractivity contribution in [3.63, 3.8) is 0 Å². The first-order valence-electron chi connectivity index (χ1n) is 8.41. The van der Waals surface area contributed by atoms with Crippen LogP contribution < -0.4 is 0 Å². The van der Waals surface area contributed by atoms with E-state index in [1.54, 1.807) is 6.92 Å². The van der Waals surface area contributed by atoms with Crippen LogP contribution in [0.15, 0.2) is 0 Å². The number of carbonyl (C=O) groups excluding carboxylic acids is 1. The monoisotopic (exact) mass is 459 g/mol. The van der Waals surface area contributed by atoms with Gasteiger partial charge in [-0.3, -0.25) is 4.79 Å². The minimum atomic E-state index is -1.57. The van der Waals surface area contributed by atoms with E-state index in [1.807, 2.05) is 11.8 Å². The molecule has 0 radical (unpaired) electrons. The Balaban J connectivity index is 2.03. The number of carboxylic acids is 1. The molecule has 2 aliphatic rings. The largest absolute Gasteiger partial charge is 0.479 e. The number of carboxylic acid groups (broad SMARTS) is 1. The van der Waals surface area contributed by atoms with E-state index < -0.39 is 12.1 Å². The zero-order chi connectivity index (χ0) is 18.3. The van der Waals surface area contributed by atoms with Gasteiger partial charge in [-0.1, -0.05) is 0 Å². The van der Waals surface area contributed by atoms with Gasteiger partial charge in [0, 0.05) is 34.9 Å². The highest BCUT2D eigenvalue weighted by molar-refractivity contribution is 14.1. The molecule has 136 valence electrons. The number of carbonyl (C=O) groups is 2. The van der Waals surface area contributed by atoms with Crippen molar-refractivity contribution in [2.75, 3.05) is 13.2 Å². The minimum absolute atomic E-state index is 0.0684. The van der Waals surface area contributed by atoms with Gasteiger partial charge in [0.25, 0.3) is 0 Å². The summed E-state index contributed by atoms with van der Waals surface area (Å²) in [4.78, 5) is 25.9. The van der Waals surface area contributed by atoms with E-state index in [0.29, 0.717) is 25.3 Å². The summed E-state index contributed by atoms with van der Waals surface area (Å²) in [6.45, 7) is 5.65. The van der Waals surface area contributed by atoms with Crippen molar-refractivity contribution in [1.82, 2.24) is 4.90 Å². The third-order valence-corrected chi connectivity index (χ3v) is 6.75. The number of nitrogens with zero attached hydrogens (tertiary/aromatic N) is 1. The van der Waals surface area contributed by atoms with E-state index in [9.17, 15) is 19.8 Å². The lowest BCUT2D eigenvalue weighted by Crippen LogP contribution is -2.46. The van der Waals surface area contributed by atoms with Gasteiger partial charge in [-0.2, -0.15) is 0 Å². The molecular formula is C18H22INO5. The molecule has 0 bridgehead atoms. The highest BCUT2D eigenvalue weighted by Crippen LogP contribution is 2.37. The summed E-state index contributed by atoms with van der Waals surface area (Å²) < 4.78 is 6.17. The second-order valence-corrected chi connectivity index (χ2v) is 7.80. The van der Waals surface area contributed by atoms with Gasteiger partial charge in [-0.25, -0.2) is 4.79 Å². The Labute approximate surface area is 160 Å². The highest BCUT2D eigenvalue weighted by Gasteiger charge is 2.34. The molecule has 3 rings (SSSR count). The Kier molecular flexibility index (Phi) is 5.36. The zero-order valence-corrected chi connectivity index (χ0v) is 16.5. The first-order valence-corrected chi connectivity index (χ1v) is 9.49. The van der Waals surface area contributed by atoms with E-state index in [4.69, 9.17) is 4.74 Å². The van der Waals surface area contributed by atoms with E-state index in [-0.39, 0.29) is 18.4 Å². The molecule has 1 aromatic rings. The SMILES string of the molecule is Cc1c(I)c(C(O)C(=O)O)c(C)c2c1CN(C1CCOCC1)C(=O)C2. The van der Waals surface area contributed by atoms with Gasteiger partial charge in [-0.15, -0.1) is 0 Å². The number of halogens is 1. The molecule has 2 heterocycles. The molecular weight excluding hydrogens is 437 g/mol. The molecule has 0 aliphatic carbocycles. The molecule has 1 unspecified atom stereocenters. The molecule has 0 spiro atoms. The quantitative estimate of drug-likeness (QED) is 0.677. The molecule has 7 heteroatoms. The molecule has 1 saturated heterocycles. The Bertz CT molecular complexity index is 727. The number of ether oxygens (including phenoxy) is 1. The molecule has 1 fully saturated rings. The van der Waals surface area contributed by atoms with Crippen LogP contribution >= 0.6 is 22.6 Å². The van der Waals surface area contributed by atoms with Crippen LogP contribution in [0.4, 0.5) is 0 Å². The number of hydrogen-bond donors (Lipinski definition) is 2. The second-order valence-electron chi connectivity index (χ2n) is 6.72. The number of fused-ring (bicyclic) bond motifs is 1. The van der Waals surface area contributed by atoms with Crippen molar-refractivity contribution in [2.24, 2.45) is 0 Å². The van der Waals surface area contributed by atoms with Crippen molar-refractivity contribution in [2.45, 2.75) is 51.8 Å². The van der Waals surface area contributed by atoms with Crippen molar-refractivity contribution < 1.29 is 24.5 Å². The molecule has 0 aromatic heterocycles. The standard InChI is InChI=1S/C18H22INO5/c1-9-12-7-14(21)20(11-3-5-25-6-4-11)8-13(12)10(2)16(19)15(9)17(22)18(23)24/h11,17,22H,3-8H2,1-2H3,(H,23,24). The fourth-order valence-electron chi connectivity index (χ4n) is 3.86. The third kappa shape index (κ3) is 3.29. The summed E-state index contributed by atoms with van der Waals surface area (Å²) >= 11 is 2.11. The van der Waals surface area contributed by atoms with Crippen LogP contribution in [0.3, 0.4) is 0 Å². The van der Waals surface area contributed by atoms with Crippen LogP contribution in [-0.2, 0) is 27.3 Å². The van der Waals surface area contributed by atoms with Crippen LogP contribution in [0.1, 0.15) is 46.8 Å². The van der Waals surface area contributed by atoms with E-state index in [2.05, 4.69) is 22.6 Å². The highest BCUT2D eigenvalue weighted by atomic mass is 127. The number of amides is 1. The fourth-order valence-corrected chi connectivity index (χ4v) is 4.88. The first-order chi connectivity index (χ1) is 11.8. The maximum Gasteiger partial charge on any atom is 0.337 e. The average Bonchev–Trinajstić information content (AvgIpc) is 2.60. The first kappa shape index (κ1) is 18.6. The van der Waals surface area contributed by atoms with Crippen LogP contribution in [0, 0.1) is 17.4 Å². The van der Waals surface area contributed by atoms with Gasteiger partial charge in [0.15, 0.2) is 6.10 Å². The predicted molar refractivity (Wildman–Crippen MR) is 99.3 cm³/mol. The van der Waals surface area contributed by atoms with Crippen molar-refractivity contribution in [1.29, 1.82) is 0 Å². The molecule has 0 saturated carbocycles. The Morgan fingerprint density at radius 3 is 2.48 bits per heavy atom. The summed E-state index contributed by atoms with van der Waals surface area (Å²) in [6.07, 6.45) is 0.396.